The summed E-state index contributed by atoms with van der Waals surface area (Å²) in [6.45, 7) is 6.73. The fraction of sp³-hybridized carbons (Fsp3) is 0.269. The lowest BCUT2D eigenvalue weighted by atomic mass is 10.0. The van der Waals surface area contributed by atoms with Crippen LogP contribution in [-0.4, -0.2) is 64.1 Å². The van der Waals surface area contributed by atoms with Crippen LogP contribution in [0, 0.1) is 11.6 Å². The normalized spacial score (nSPS) is 17.6. The molecule has 11 heteroatoms. The summed E-state index contributed by atoms with van der Waals surface area (Å²) in [7, 11) is 0. The monoisotopic (exact) mass is 508 g/mol. The Morgan fingerprint density at radius 1 is 1.11 bits per heavy atom. The maximum Gasteiger partial charge on any atom is 0.269 e. The topological polar surface area (TPSA) is 106 Å². The van der Waals surface area contributed by atoms with E-state index in [0.29, 0.717) is 49.8 Å². The summed E-state index contributed by atoms with van der Waals surface area (Å²) >= 11 is 0. The molecule has 2 aromatic carbocycles. The van der Waals surface area contributed by atoms with Crippen LogP contribution in [0.25, 0.3) is 5.69 Å². The quantitative estimate of drug-likeness (QED) is 0.496. The molecular formula is C26H26F2N6O3. The third kappa shape index (κ3) is 4.77. The molecule has 1 saturated heterocycles. The average Bonchev–Trinajstić information content (AvgIpc) is 3.30. The zero-order valence-corrected chi connectivity index (χ0v) is 20.0. The number of nitrogens with one attached hydrogen (secondary N) is 1. The highest BCUT2D eigenvalue weighted by atomic mass is 19.1. The highest BCUT2D eigenvalue weighted by molar-refractivity contribution is 5.98. The Hall–Kier alpha value is -4.25. The van der Waals surface area contributed by atoms with Crippen molar-refractivity contribution in [2.24, 2.45) is 5.73 Å². The van der Waals surface area contributed by atoms with Crippen LogP contribution in [0.1, 0.15) is 28.6 Å². The van der Waals surface area contributed by atoms with E-state index in [0.717, 1.165) is 24.2 Å². The zero-order valence-electron chi connectivity index (χ0n) is 20.0. The third-order valence-corrected chi connectivity index (χ3v) is 6.63. The third-order valence-electron chi connectivity index (χ3n) is 6.63. The fourth-order valence-electron chi connectivity index (χ4n) is 4.81. The van der Waals surface area contributed by atoms with E-state index >= 15 is 0 Å². The van der Waals surface area contributed by atoms with Gasteiger partial charge in [-0.15, -0.1) is 0 Å². The van der Waals surface area contributed by atoms with Gasteiger partial charge in [0, 0.05) is 38.8 Å². The molecular weight excluding hydrogens is 482 g/mol. The first-order chi connectivity index (χ1) is 17.9. The zero-order chi connectivity index (χ0) is 26.1. The van der Waals surface area contributed by atoms with Gasteiger partial charge in [-0.05, 0) is 48.9 Å². The molecule has 37 heavy (non-hydrogen) atoms. The number of carbonyl (C=O) groups excluding carboxylic acids is 2. The van der Waals surface area contributed by atoms with Crippen LogP contribution in [0.5, 0.6) is 11.5 Å². The van der Waals surface area contributed by atoms with E-state index in [1.54, 1.807) is 29.2 Å². The number of benzene rings is 2. The average molecular weight is 509 g/mol. The number of nitrogens with two attached hydrogens (primary N) is 1. The number of rotatable bonds is 6. The maximum absolute atomic E-state index is 14.0. The molecule has 2 aliphatic rings. The highest BCUT2D eigenvalue weighted by Crippen LogP contribution is 2.37. The van der Waals surface area contributed by atoms with E-state index < -0.39 is 17.5 Å². The number of nitrogens with zero attached hydrogens (tertiary/aromatic N) is 4. The predicted octanol–water partition coefficient (Wildman–Crippen LogP) is 3.23. The molecule has 1 atom stereocenters. The van der Waals surface area contributed by atoms with Crippen molar-refractivity contribution < 1.29 is 23.1 Å². The van der Waals surface area contributed by atoms with Crippen LogP contribution < -0.4 is 15.8 Å². The Kier molecular flexibility index (Phi) is 6.62. The lowest BCUT2D eigenvalue weighted by molar-refractivity contribution is -0.128. The van der Waals surface area contributed by atoms with E-state index in [1.807, 2.05) is 0 Å². The first-order valence-electron chi connectivity index (χ1n) is 11.9. The summed E-state index contributed by atoms with van der Waals surface area (Å²) in [5.74, 6) is -2.00. The highest BCUT2D eigenvalue weighted by Gasteiger charge is 2.35. The molecule has 0 aliphatic carbocycles. The smallest absolute Gasteiger partial charge is 0.269 e. The minimum absolute atomic E-state index is 0.0411. The van der Waals surface area contributed by atoms with E-state index in [9.17, 15) is 18.4 Å². The molecule has 0 spiro atoms. The number of amides is 2. The van der Waals surface area contributed by atoms with Crippen molar-refractivity contribution in [1.29, 1.82) is 0 Å². The number of fused-ring (bicyclic) bond motifs is 1. The molecule has 3 heterocycles. The molecule has 3 N–H and O–H groups in total. The van der Waals surface area contributed by atoms with Crippen LogP contribution in [0.3, 0.4) is 0 Å². The Balaban J connectivity index is 1.41. The van der Waals surface area contributed by atoms with Crippen molar-refractivity contribution in [1.82, 2.24) is 19.6 Å². The van der Waals surface area contributed by atoms with Crippen molar-refractivity contribution in [3.05, 3.63) is 78.1 Å². The van der Waals surface area contributed by atoms with Crippen molar-refractivity contribution in [3.8, 4) is 17.2 Å². The lowest BCUT2D eigenvalue weighted by Gasteiger charge is -2.40. The Labute approximate surface area is 212 Å². The van der Waals surface area contributed by atoms with Gasteiger partial charge in [0.1, 0.15) is 17.3 Å². The van der Waals surface area contributed by atoms with Crippen LogP contribution in [0.4, 0.5) is 14.5 Å². The second-order valence-electron chi connectivity index (χ2n) is 8.85. The van der Waals surface area contributed by atoms with Gasteiger partial charge in [-0.1, -0.05) is 6.58 Å². The van der Waals surface area contributed by atoms with E-state index in [2.05, 4.69) is 16.8 Å². The van der Waals surface area contributed by atoms with Crippen LogP contribution in [-0.2, 0) is 4.79 Å². The number of hydrogen-bond donors (Lipinski definition) is 2. The van der Waals surface area contributed by atoms with Crippen molar-refractivity contribution in [3.63, 3.8) is 0 Å². The number of piperazine rings is 1. The first-order valence-corrected chi connectivity index (χ1v) is 11.9. The van der Waals surface area contributed by atoms with Gasteiger partial charge in [-0.25, -0.2) is 13.5 Å². The van der Waals surface area contributed by atoms with Gasteiger partial charge in [0.2, 0.25) is 5.91 Å². The summed E-state index contributed by atoms with van der Waals surface area (Å²) in [6, 6.07) is 9.59. The Bertz CT molecular complexity index is 1350. The van der Waals surface area contributed by atoms with Gasteiger partial charge in [-0.3, -0.25) is 14.5 Å². The van der Waals surface area contributed by atoms with Crippen LogP contribution >= 0.6 is 0 Å². The molecule has 0 saturated carbocycles. The van der Waals surface area contributed by atoms with Gasteiger partial charge in [0.05, 0.1) is 17.4 Å². The standard InChI is InChI=1S/C26H26F2N6O3/c1-2-22(35)33-13-11-32(12-14-33)20-9-10-30-24-23(20)31-34(25(24)26(29)36)17-4-6-18(7-5-17)37-21-8-3-16(27)15-19(21)28/h2-8,15,20,30H,1,9-14H2,(H2,29,36). The summed E-state index contributed by atoms with van der Waals surface area (Å²) in [4.78, 5) is 28.5. The van der Waals surface area contributed by atoms with Gasteiger partial charge < -0.3 is 20.7 Å². The summed E-state index contributed by atoms with van der Waals surface area (Å²) in [5, 5.41) is 8.06. The number of ether oxygens (including phenoxy) is 1. The van der Waals surface area contributed by atoms with Gasteiger partial charge in [0.25, 0.3) is 5.91 Å². The summed E-state index contributed by atoms with van der Waals surface area (Å²) in [6.07, 6.45) is 2.11. The Morgan fingerprint density at radius 3 is 2.49 bits per heavy atom. The van der Waals surface area contributed by atoms with E-state index in [-0.39, 0.29) is 23.4 Å². The number of halogens is 2. The predicted molar refractivity (Wildman–Crippen MR) is 133 cm³/mol. The van der Waals surface area contributed by atoms with Crippen LogP contribution in [0.15, 0.2) is 55.1 Å². The van der Waals surface area contributed by atoms with E-state index in [1.165, 1.54) is 16.8 Å². The minimum atomic E-state index is -0.813. The largest absolute Gasteiger partial charge is 0.454 e. The summed E-state index contributed by atoms with van der Waals surface area (Å²) < 4.78 is 34.2. The van der Waals surface area contributed by atoms with E-state index in [4.69, 9.17) is 15.6 Å². The Morgan fingerprint density at radius 2 is 1.84 bits per heavy atom. The number of carbonyl (C=O) groups is 2. The molecule has 0 radical (unpaired) electrons. The van der Waals surface area contributed by atoms with Crippen molar-refractivity contribution in [2.75, 3.05) is 38.0 Å². The molecule has 192 valence electrons. The molecule has 1 unspecified atom stereocenters. The van der Waals surface area contributed by atoms with Gasteiger partial charge in [0.15, 0.2) is 17.3 Å². The fourth-order valence-corrected chi connectivity index (χ4v) is 4.81. The molecule has 1 aromatic heterocycles. The molecule has 5 rings (SSSR count). The van der Waals surface area contributed by atoms with Gasteiger partial charge in [-0.2, -0.15) is 5.10 Å². The molecule has 9 nitrogen and oxygen atoms in total. The molecule has 2 amide bonds. The van der Waals surface area contributed by atoms with Crippen molar-refractivity contribution in [2.45, 2.75) is 12.5 Å². The first kappa shape index (κ1) is 24.4. The number of anilines is 1. The maximum atomic E-state index is 14.0. The van der Waals surface area contributed by atoms with Crippen LogP contribution in [0.2, 0.25) is 0 Å². The minimum Gasteiger partial charge on any atom is -0.454 e. The molecule has 1 fully saturated rings. The second kappa shape index (κ2) is 10.0. The summed E-state index contributed by atoms with van der Waals surface area (Å²) in [5.41, 5.74) is 7.89. The van der Waals surface area contributed by atoms with Gasteiger partial charge >= 0.3 is 0 Å². The second-order valence-corrected chi connectivity index (χ2v) is 8.85. The number of primary amides is 1. The SMILES string of the molecule is C=CC(=O)N1CCN(C2CCNc3c2nn(-c2ccc(Oc4ccc(F)cc4F)cc2)c3C(N)=O)CC1. The number of hydrogen-bond acceptors (Lipinski definition) is 6. The number of aromatic nitrogens is 2. The molecule has 0 bridgehead atoms. The van der Waals surface area contributed by atoms with Crippen molar-refractivity contribution >= 4 is 17.5 Å². The lowest BCUT2D eigenvalue weighted by Crippen LogP contribution is -2.50. The molecule has 3 aromatic rings. The molecule has 2 aliphatic heterocycles.